The summed E-state index contributed by atoms with van der Waals surface area (Å²) in [4.78, 5) is 25.4. The van der Waals surface area contributed by atoms with E-state index in [4.69, 9.17) is 0 Å². The molecule has 1 heterocycles. The molecule has 0 unspecified atom stereocenters. The first-order chi connectivity index (χ1) is 10.6. The van der Waals surface area contributed by atoms with Crippen LogP contribution < -0.4 is 10.2 Å². The molecule has 2 rings (SSSR count). The molecular formula is C18H27N2O2+. The summed E-state index contributed by atoms with van der Waals surface area (Å²) in [6.45, 7) is 4.17. The molecule has 1 aliphatic rings. The molecule has 1 atom stereocenters. The van der Waals surface area contributed by atoms with Crippen molar-refractivity contribution in [2.75, 3.05) is 19.6 Å². The number of carbonyl (C=O) groups excluding carboxylic acids is 2. The second kappa shape index (κ2) is 8.69. The zero-order valence-electron chi connectivity index (χ0n) is 13.4. The fourth-order valence-electron chi connectivity index (χ4n) is 3.02. The van der Waals surface area contributed by atoms with Gasteiger partial charge in [-0.05, 0) is 44.6 Å². The van der Waals surface area contributed by atoms with Gasteiger partial charge in [0.1, 0.15) is 0 Å². The number of quaternary nitrogens is 1. The molecule has 1 amide bonds. The Balaban J connectivity index is 1.87. The van der Waals surface area contributed by atoms with Gasteiger partial charge < -0.3 is 10.2 Å². The summed E-state index contributed by atoms with van der Waals surface area (Å²) in [7, 11) is 0. The van der Waals surface area contributed by atoms with Crippen LogP contribution in [-0.4, -0.2) is 37.4 Å². The van der Waals surface area contributed by atoms with Crippen molar-refractivity contribution in [3.8, 4) is 0 Å². The van der Waals surface area contributed by atoms with Gasteiger partial charge in [0.05, 0.1) is 19.1 Å². The molecule has 0 radical (unpaired) electrons. The minimum absolute atomic E-state index is 0.00645. The van der Waals surface area contributed by atoms with E-state index >= 15 is 0 Å². The Kier molecular flexibility index (Phi) is 6.59. The third kappa shape index (κ3) is 5.60. The maximum atomic E-state index is 12.2. The molecular weight excluding hydrogens is 276 g/mol. The average Bonchev–Trinajstić information content (AvgIpc) is 2.76. The summed E-state index contributed by atoms with van der Waals surface area (Å²) >= 11 is 0. The molecule has 0 bridgehead atoms. The van der Waals surface area contributed by atoms with Gasteiger partial charge in [-0.25, -0.2) is 0 Å². The van der Waals surface area contributed by atoms with E-state index in [2.05, 4.69) is 5.32 Å². The normalized spacial score (nSPS) is 17.5. The van der Waals surface area contributed by atoms with Crippen LogP contribution in [0.3, 0.4) is 0 Å². The van der Waals surface area contributed by atoms with Crippen molar-refractivity contribution in [1.29, 1.82) is 0 Å². The van der Waals surface area contributed by atoms with Gasteiger partial charge in [-0.3, -0.25) is 9.59 Å². The molecule has 1 aromatic carbocycles. The highest BCUT2D eigenvalue weighted by Gasteiger charge is 2.21. The van der Waals surface area contributed by atoms with E-state index in [-0.39, 0.29) is 11.7 Å². The summed E-state index contributed by atoms with van der Waals surface area (Å²) in [6, 6.07) is 9.42. The number of hydrogen-bond donors (Lipinski definition) is 2. The van der Waals surface area contributed by atoms with Crippen LogP contribution in [0.4, 0.5) is 0 Å². The summed E-state index contributed by atoms with van der Waals surface area (Å²) in [5.74, 6) is 0.0103. The summed E-state index contributed by atoms with van der Waals surface area (Å²) in [5, 5.41) is 2.92. The lowest BCUT2D eigenvalue weighted by atomic mass is 10.0. The monoisotopic (exact) mass is 303 g/mol. The number of amides is 1. The van der Waals surface area contributed by atoms with Gasteiger partial charge in [-0.1, -0.05) is 30.3 Å². The molecule has 1 aliphatic heterocycles. The van der Waals surface area contributed by atoms with Crippen LogP contribution >= 0.6 is 0 Å². The van der Waals surface area contributed by atoms with Crippen LogP contribution in [-0.2, 0) is 16.0 Å². The van der Waals surface area contributed by atoms with Crippen molar-refractivity contribution in [3.05, 3.63) is 35.9 Å². The Bertz CT molecular complexity index is 479. The maximum absolute atomic E-state index is 12.2. The lowest BCUT2D eigenvalue weighted by Crippen LogP contribution is -3.13. The van der Waals surface area contributed by atoms with Gasteiger partial charge in [0.25, 0.3) is 5.91 Å². The molecule has 0 spiro atoms. The van der Waals surface area contributed by atoms with Crippen molar-refractivity contribution in [3.63, 3.8) is 0 Å². The van der Waals surface area contributed by atoms with E-state index < -0.39 is 6.04 Å². The summed E-state index contributed by atoms with van der Waals surface area (Å²) in [6.07, 6.45) is 5.51. The Hall–Kier alpha value is -1.68. The van der Waals surface area contributed by atoms with Crippen molar-refractivity contribution < 1.29 is 14.5 Å². The van der Waals surface area contributed by atoms with Crippen LogP contribution in [0.5, 0.6) is 0 Å². The molecule has 1 aromatic rings. The second-order valence-corrected chi connectivity index (χ2v) is 6.26. The largest absolute Gasteiger partial charge is 0.341 e. The number of benzene rings is 1. The van der Waals surface area contributed by atoms with E-state index in [0.717, 1.165) is 18.7 Å². The number of likely N-dealkylation sites (tertiary alicyclic amines) is 1. The first kappa shape index (κ1) is 16.7. The van der Waals surface area contributed by atoms with E-state index in [1.165, 1.54) is 30.6 Å². The Morgan fingerprint density at radius 3 is 2.32 bits per heavy atom. The molecule has 2 N–H and O–H groups in total. The van der Waals surface area contributed by atoms with Gasteiger partial charge in [0, 0.05) is 0 Å². The molecule has 0 aliphatic carbocycles. The SMILES string of the molecule is CC(=O)[C@@H](Cc1ccccc1)NC(=O)C[NH+]1CCCCCC1. The minimum atomic E-state index is -0.415. The lowest BCUT2D eigenvalue weighted by molar-refractivity contribution is -0.891. The van der Waals surface area contributed by atoms with Crippen LogP contribution in [0.15, 0.2) is 30.3 Å². The van der Waals surface area contributed by atoms with Gasteiger partial charge in [0.15, 0.2) is 12.3 Å². The average molecular weight is 303 g/mol. The van der Waals surface area contributed by atoms with Crippen molar-refractivity contribution in [1.82, 2.24) is 5.32 Å². The third-order valence-electron chi connectivity index (χ3n) is 4.33. The number of rotatable bonds is 6. The second-order valence-electron chi connectivity index (χ2n) is 6.26. The third-order valence-corrected chi connectivity index (χ3v) is 4.33. The number of ketones is 1. The number of carbonyl (C=O) groups is 2. The molecule has 120 valence electrons. The van der Waals surface area contributed by atoms with Gasteiger partial charge in [-0.15, -0.1) is 0 Å². The smallest absolute Gasteiger partial charge is 0.275 e. The highest BCUT2D eigenvalue weighted by molar-refractivity contribution is 5.88. The van der Waals surface area contributed by atoms with E-state index in [1.807, 2.05) is 30.3 Å². The Labute approximate surface area is 132 Å². The Morgan fingerprint density at radius 1 is 1.09 bits per heavy atom. The molecule has 4 nitrogen and oxygen atoms in total. The zero-order valence-corrected chi connectivity index (χ0v) is 13.4. The van der Waals surface area contributed by atoms with Crippen LogP contribution in [0.2, 0.25) is 0 Å². The number of nitrogens with one attached hydrogen (secondary N) is 2. The minimum Gasteiger partial charge on any atom is -0.341 e. The zero-order chi connectivity index (χ0) is 15.8. The summed E-state index contributed by atoms with van der Waals surface area (Å²) < 4.78 is 0. The first-order valence-corrected chi connectivity index (χ1v) is 8.32. The predicted octanol–water partition coefficient (Wildman–Crippen LogP) is 0.762. The highest BCUT2D eigenvalue weighted by Crippen LogP contribution is 2.04. The fourth-order valence-corrected chi connectivity index (χ4v) is 3.02. The molecule has 22 heavy (non-hydrogen) atoms. The van der Waals surface area contributed by atoms with Crippen molar-refractivity contribution >= 4 is 11.7 Å². The van der Waals surface area contributed by atoms with Crippen molar-refractivity contribution in [2.24, 2.45) is 0 Å². The van der Waals surface area contributed by atoms with E-state index in [9.17, 15) is 9.59 Å². The highest BCUT2D eigenvalue weighted by atomic mass is 16.2. The molecule has 4 heteroatoms. The van der Waals surface area contributed by atoms with Crippen molar-refractivity contribution in [2.45, 2.75) is 45.1 Å². The predicted molar refractivity (Wildman–Crippen MR) is 86.8 cm³/mol. The topological polar surface area (TPSA) is 50.6 Å². The van der Waals surface area contributed by atoms with Crippen LogP contribution in [0.1, 0.15) is 38.2 Å². The Morgan fingerprint density at radius 2 is 1.73 bits per heavy atom. The van der Waals surface area contributed by atoms with Crippen LogP contribution in [0, 0.1) is 0 Å². The number of hydrogen-bond acceptors (Lipinski definition) is 2. The van der Waals surface area contributed by atoms with E-state index in [0.29, 0.717) is 13.0 Å². The molecule has 1 saturated heterocycles. The van der Waals surface area contributed by atoms with E-state index in [1.54, 1.807) is 6.92 Å². The first-order valence-electron chi connectivity index (χ1n) is 8.32. The molecule has 0 saturated carbocycles. The maximum Gasteiger partial charge on any atom is 0.275 e. The quantitative estimate of drug-likeness (QED) is 0.815. The fraction of sp³-hybridized carbons (Fsp3) is 0.556. The van der Waals surface area contributed by atoms with Gasteiger partial charge >= 0.3 is 0 Å². The molecule has 1 fully saturated rings. The van der Waals surface area contributed by atoms with Gasteiger partial charge in [-0.2, -0.15) is 0 Å². The lowest BCUT2D eigenvalue weighted by Gasteiger charge is -2.20. The van der Waals surface area contributed by atoms with Crippen LogP contribution in [0.25, 0.3) is 0 Å². The summed E-state index contributed by atoms with van der Waals surface area (Å²) in [5.41, 5.74) is 1.07. The number of Topliss-reactive ketones (excluding diaryl/α,β-unsaturated/α-hetero) is 1. The standard InChI is InChI=1S/C18H26N2O2/c1-15(21)17(13-16-9-5-4-6-10-16)19-18(22)14-20-11-7-2-3-8-12-20/h4-6,9-10,17H,2-3,7-8,11-14H2,1H3,(H,19,22)/p+1/t17-/m1/s1. The molecule has 0 aromatic heterocycles. The van der Waals surface area contributed by atoms with Gasteiger partial charge in [0.2, 0.25) is 0 Å².